The van der Waals surface area contributed by atoms with Gasteiger partial charge in [-0.05, 0) is 56.8 Å². The monoisotopic (exact) mass is 465 g/mol. The summed E-state index contributed by atoms with van der Waals surface area (Å²) in [6.45, 7) is 7.09. The number of fused-ring (bicyclic) bond motifs is 3. The minimum Gasteiger partial charge on any atom is -0.385 e. The maximum Gasteiger partial charge on any atom is 0.259 e. The molecular weight excluding hydrogens is 430 g/mol. The summed E-state index contributed by atoms with van der Waals surface area (Å²) in [7, 11) is 1.74. The Morgan fingerprint density at radius 3 is 2.62 bits per heavy atom. The number of nitrogens with zero attached hydrogens (tertiary/aromatic N) is 4. The molecule has 2 aromatic heterocycles. The lowest BCUT2D eigenvalue weighted by molar-refractivity contribution is 0.0632. The van der Waals surface area contributed by atoms with E-state index in [2.05, 4.69) is 15.0 Å². The van der Waals surface area contributed by atoms with E-state index in [-0.39, 0.29) is 11.5 Å². The maximum atomic E-state index is 13.5. The van der Waals surface area contributed by atoms with Gasteiger partial charge in [-0.25, -0.2) is 0 Å². The van der Waals surface area contributed by atoms with Crippen LogP contribution in [0.4, 0.5) is 0 Å². The van der Waals surface area contributed by atoms with E-state index in [4.69, 9.17) is 4.74 Å². The average Bonchev–Trinajstić information content (AvgIpc) is 3.52. The van der Waals surface area contributed by atoms with E-state index in [1.165, 1.54) is 12.8 Å². The van der Waals surface area contributed by atoms with Crippen molar-refractivity contribution in [2.75, 3.05) is 46.4 Å². The number of rotatable bonds is 7. The highest BCUT2D eigenvalue weighted by molar-refractivity contribution is 6.07. The molecule has 5 rings (SSSR count). The third kappa shape index (κ3) is 4.36. The van der Waals surface area contributed by atoms with Crippen molar-refractivity contribution in [1.29, 1.82) is 0 Å². The van der Waals surface area contributed by atoms with Gasteiger partial charge in [-0.15, -0.1) is 0 Å². The van der Waals surface area contributed by atoms with Gasteiger partial charge in [0.05, 0.1) is 28.7 Å². The number of carbonyl (C=O) groups excluding carboxylic acids is 1. The first-order valence-corrected chi connectivity index (χ1v) is 12.6. The molecule has 0 radical (unpaired) electrons. The van der Waals surface area contributed by atoms with Crippen molar-refractivity contribution in [2.45, 2.75) is 51.5 Å². The van der Waals surface area contributed by atoms with Gasteiger partial charge in [0.15, 0.2) is 0 Å². The third-order valence-electron chi connectivity index (χ3n) is 7.54. The van der Waals surface area contributed by atoms with Crippen LogP contribution in [0, 0.1) is 6.92 Å². The molecule has 0 atom stereocenters. The number of carbonyl (C=O) groups is 1. The fraction of sp³-hybridized carbons (Fsp3) is 0.577. The molecule has 2 aliphatic rings. The second-order valence-corrected chi connectivity index (χ2v) is 9.79. The third-order valence-corrected chi connectivity index (χ3v) is 7.54. The topological polar surface area (TPSA) is 83.5 Å². The largest absolute Gasteiger partial charge is 0.385 e. The van der Waals surface area contributed by atoms with E-state index in [0.717, 1.165) is 87.0 Å². The molecule has 8 heteroatoms. The van der Waals surface area contributed by atoms with Crippen LogP contribution in [-0.2, 0) is 4.74 Å². The number of pyridine rings is 1. The molecule has 3 heterocycles. The Labute approximate surface area is 199 Å². The van der Waals surface area contributed by atoms with Gasteiger partial charge in [-0.1, -0.05) is 12.8 Å². The standard InChI is InChI=1S/C26H35N5O3/c1-18-15-23-21(24-22(25(32)28-23)17-27-31(24)19-7-3-4-8-19)16-20(18)26(33)30-12-10-29(11-13-30)9-5-6-14-34-2/h15-17,19H,3-14H2,1-2H3,(H,28,32). The number of aromatic amines is 1. The zero-order valence-corrected chi connectivity index (χ0v) is 20.3. The number of benzene rings is 1. The van der Waals surface area contributed by atoms with Gasteiger partial charge in [-0.2, -0.15) is 5.10 Å². The van der Waals surface area contributed by atoms with E-state index in [1.54, 1.807) is 13.3 Å². The maximum absolute atomic E-state index is 13.5. The molecule has 0 unspecified atom stereocenters. The molecule has 8 nitrogen and oxygen atoms in total. The lowest BCUT2D eigenvalue weighted by atomic mass is 10.0. The second-order valence-electron chi connectivity index (χ2n) is 9.79. The Bertz CT molecular complexity index is 1230. The van der Waals surface area contributed by atoms with Crippen LogP contribution >= 0.6 is 0 Å². The molecule has 1 aliphatic heterocycles. The molecule has 1 saturated carbocycles. The predicted molar refractivity (Wildman–Crippen MR) is 134 cm³/mol. The quantitative estimate of drug-likeness (QED) is 0.540. The highest BCUT2D eigenvalue weighted by Crippen LogP contribution is 2.34. The second kappa shape index (κ2) is 9.88. The number of H-pyrrole nitrogens is 1. The average molecular weight is 466 g/mol. The Hall–Kier alpha value is -2.71. The fourth-order valence-corrected chi connectivity index (χ4v) is 5.58. The molecule has 34 heavy (non-hydrogen) atoms. The summed E-state index contributed by atoms with van der Waals surface area (Å²) < 4.78 is 7.17. The van der Waals surface area contributed by atoms with Crippen LogP contribution < -0.4 is 5.56 Å². The number of aryl methyl sites for hydroxylation is 1. The smallest absolute Gasteiger partial charge is 0.259 e. The summed E-state index contributed by atoms with van der Waals surface area (Å²) in [5, 5.41) is 6.12. The van der Waals surface area contributed by atoms with Crippen LogP contribution in [0.5, 0.6) is 0 Å². The van der Waals surface area contributed by atoms with Crippen molar-refractivity contribution in [2.24, 2.45) is 0 Å². The van der Waals surface area contributed by atoms with E-state index in [9.17, 15) is 9.59 Å². The van der Waals surface area contributed by atoms with Gasteiger partial charge in [0.1, 0.15) is 0 Å². The molecule has 0 spiro atoms. The SMILES string of the molecule is COCCCCN1CCN(C(=O)c2cc3c(cc2C)[nH]c(=O)c2cnn(C4CCCC4)c23)CC1. The number of methoxy groups -OCH3 is 1. The van der Waals surface area contributed by atoms with Crippen molar-refractivity contribution in [1.82, 2.24) is 24.6 Å². The lowest BCUT2D eigenvalue weighted by Crippen LogP contribution is -2.49. The number of unbranched alkanes of at least 4 members (excludes halogenated alkanes) is 1. The van der Waals surface area contributed by atoms with Crippen LogP contribution in [0.2, 0.25) is 0 Å². The van der Waals surface area contributed by atoms with Gasteiger partial charge in [-0.3, -0.25) is 19.2 Å². The van der Waals surface area contributed by atoms with Gasteiger partial charge in [0.2, 0.25) is 0 Å². The molecule has 1 aliphatic carbocycles. The molecule has 1 N–H and O–H groups in total. The first-order valence-electron chi connectivity index (χ1n) is 12.6. The number of amides is 1. The fourth-order valence-electron chi connectivity index (χ4n) is 5.58. The van der Waals surface area contributed by atoms with Crippen molar-refractivity contribution in [3.63, 3.8) is 0 Å². The number of ether oxygens (including phenoxy) is 1. The molecule has 0 bridgehead atoms. The summed E-state index contributed by atoms with van der Waals surface area (Å²) in [4.78, 5) is 33.7. The van der Waals surface area contributed by atoms with Gasteiger partial charge in [0.25, 0.3) is 11.5 Å². The predicted octanol–water partition coefficient (Wildman–Crippen LogP) is 3.49. The van der Waals surface area contributed by atoms with E-state index in [1.807, 2.05) is 28.6 Å². The molecule has 182 valence electrons. The van der Waals surface area contributed by atoms with Gasteiger partial charge >= 0.3 is 0 Å². The summed E-state index contributed by atoms with van der Waals surface area (Å²) in [6, 6.07) is 4.25. The van der Waals surface area contributed by atoms with Crippen molar-refractivity contribution in [3.05, 3.63) is 39.8 Å². The van der Waals surface area contributed by atoms with E-state index in [0.29, 0.717) is 17.0 Å². The van der Waals surface area contributed by atoms with Gasteiger partial charge in [0, 0.05) is 50.8 Å². The Morgan fingerprint density at radius 1 is 1.12 bits per heavy atom. The minimum atomic E-state index is -0.119. The van der Waals surface area contributed by atoms with Crippen LogP contribution in [0.25, 0.3) is 21.8 Å². The number of hydrogen-bond acceptors (Lipinski definition) is 5. The zero-order valence-electron chi connectivity index (χ0n) is 20.3. The highest BCUT2D eigenvalue weighted by Gasteiger charge is 2.25. The minimum absolute atomic E-state index is 0.0738. The van der Waals surface area contributed by atoms with Crippen LogP contribution in [0.3, 0.4) is 0 Å². The molecule has 1 amide bonds. The highest BCUT2D eigenvalue weighted by atomic mass is 16.5. The summed E-state index contributed by atoms with van der Waals surface area (Å²) in [6.07, 6.45) is 8.41. The molecule has 2 fully saturated rings. The van der Waals surface area contributed by atoms with Crippen LogP contribution in [-0.4, -0.2) is 76.9 Å². The van der Waals surface area contributed by atoms with Crippen LogP contribution in [0.15, 0.2) is 23.1 Å². The van der Waals surface area contributed by atoms with Gasteiger partial charge < -0.3 is 14.6 Å². The number of piperazine rings is 1. The summed E-state index contributed by atoms with van der Waals surface area (Å²) in [5.41, 5.74) is 3.12. The molecular formula is C26H35N5O3. The number of hydrogen-bond donors (Lipinski definition) is 1. The summed E-state index contributed by atoms with van der Waals surface area (Å²) in [5.74, 6) is 0.0738. The normalized spacial score (nSPS) is 17.9. The Balaban J connectivity index is 1.41. The molecule has 3 aromatic rings. The first-order chi connectivity index (χ1) is 16.6. The number of nitrogens with one attached hydrogen (secondary N) is 1. The molecule has 1 aromatic carbocycles. The first kappa shape index (κ1) is 23.1. The van der Waals surface area contributed by atoms with E-state index < -0.39 is 0 Å². The van der Waals surface area contributed by atoms with E-state index >= 15 is 0 Å². The lowest BCUT2D eigenvalue weighted by Gasteiger charge is -2.35. The van der Waals surface area contributed by atoms with Crippen molar-refractivity contribution >= 4 is 27.7 Å². The van der Waals surface area contributed by atoms with Crippen LogP contribution in [0.1, 0.15) is 60.5 Å². The Kier molecular flexibility index (Phi) is 6.70. The van der Waals surface area contributed by atoms with Crippen molar-refractivity contribution < 1.29 is 9.53 Å². The summed E-state index contributed by atoms with van der Waals surface area (Å²) >= 11 is 0. The zero-order chi connectivity index (χ0) is 23.7. The number of aromatic nitrogens is 3. The Morgan fingerprint density at radius 2 is 1.88 bits per heavy atom. The molecule has 1 saturated heterocycles. The van der Waals surface area contributed by atoms with Crippen molar-refractivity contribution in [3.8, 4) is 0 Å².